The summed E-state index contributed by atoms with van der Waals surface area (Å²) in [7, 11) is 0. The van der Waals surface area contributed by atoms with Crippen LogP contribution in [0.5, 0.6) is 0 Å². The van der Waals surface area contributed by atoms with Crippen LogP contribution in [-0.2, 0) is 11.3 Å². The predicted molar refractivity (Wildman–Crippen MR) is 96.1 cm³/mol. The molecule has 3 rings (SSSR count). The standard InChI is InChI=1S/C20H29FN2O2/c21-11-15-25-20(24)22-13-9-18(10-14-22)19-8-4-5-12-23(19)16-17-6-2-1-3-7-17/h1-3,6-7,18-19H,4-5,8-16H2. The molecule has 0 saturated carbocycles. The van der Waals surface area contributed by atoms with Gasteiger partial charge in [0.25, 0.3) is 0 Å². The molecule has 2 saturated heterocycles. The Morgan fingerprint density at radius 1 is 1.08 bits per heavy atom. The lowest BCUT2D eigenvalue weighted by Crippen LogP contribution is -2.48. The van der Waals surface area contributed by atoms with E-state index >= 15 is 0 Å². The maximum absolute atomic E-state index is 12.1. The van der Waals surface area contributed by atoms with Crippen molar-refractivity contribution in [3.63, 3.8) is 0 Å². The van der Waals surface area contributed by atoms with Crippen LogP contribution in [0.1, 0.15) is 37.7 Å². The Morgan fingerprint density at radius 3 is 2.56 bits per heavy atom. The highest BCUT2D eigenvalue weighted by atomic mass is 19.1. The monoisotopic (exact) mass is 348 g/mol. The van der Waals surface area contributed by atoms with E-state index in [0.29, 0.717) is 12.0 Å². The van der Waals surface area contributed by atoms with Crippen LogP contribution in [0, 0.1) is 5.92 Å². The highest BCUT2D eigenvalue weighted by Crippen LogP contribution is 2.31. The molecule has 2 aliphatic heterocycles. The molecule has 0 aromatic heterocycles. The third-order valence-corrected chi connectivity index (χ3v) is 5.54. The number of amides is 1. The summed E-state index contributed by atoms with van der Waals surface area (Å²) in [6.07, 6.45) is 5.50. The Hall–Kier alpha value is -1.62. The largest absolute Gasteiger partial charge is 0.447 e. The zero-order chi connectivity index (χ0) is 17.5. The summed E-state index contributed by atoms with van der Waals surface area (Å²) in [6, 6.07) is 11.3. The second-order valence-corrected chi connectivity index (χ2v) is 7.15. The van der Waals surface area contributed by atoms with Crippen LogP contribution in [0.15, 0.2) is 30.3 Å². The fourth-order valence-electron chi connectivity index (χ4n) is 4.25. The zero-order valence-corrected chi connectivity index (χ0v) is 14.9. The first-order chi connectivity index (χ1) is 12.3. The maximum Gasteiger partial charge on any atom is 0.409 e. The number of carbonyl (C=O) groups excluding carboxylic acids is 1. The van der Waals surface area contributed by atoms with E-state index in [-0.39, 0.29) is 12.7 Å². The van der Waals surface area contributed by atoms with Crippen LogP contribution in [0.4, 0.5) is 9.18 Å². The first-order valence-electron chi connectivity index (χ1n) is 9.53. The van der Waals surface area contributed by atoms with Crippen molar-refractivity contribution in [2.24, 2.45) is 5.92 Å². The smallest absolute Gasteiger partial charge is 0.409 e. The van der Waals surface area contributed by atoms with Gasteiger partial charge in [0.1, 0.15) is 13.3 Å². The lowest BCUT2D eigenvalue weighted by Gasteiger charge is -2.43. The van der Waals surface area contributed by atoms with E-state index in [2.05, 4.69) is 35.2 Å². The van der Waals surface area contributed by atoms with Gasteiger partial charge in [-0.25, -0.2) is 9.18 Å². The van der Waals surface area contributed by atoms with Gasteiger partial charge in [-0.3, -0.25) is 4.90 Å². The molecule has 2 aliphatic rings. The van der Waals surface area contributed by atoms with Gasteiger partial charge >= 0.3 is 6.09 Å². The quantitative estimate of drug-likeness (QED) is 0.810. The average Bonchev–Trinajstić information content (AvgIpc) is 2.67. The molecule has 4 nitrogen and oxygen atoms in total. The summed E-state index contributed by atoms with van der Waals surface area (Å²) in [6.45, 7) is 2.89. The molecule has 2 fully saturated rings. The van der Waals surface area contributed by atoms with Crippen LogP contribution in [-0.4, -0.2) is 54.9 Å². The molecule has 0 spiro atoms. The highest BCUT2D eigenvalue weighted by Gasteiger charge is 2.33. The number of benzene rings is 1. The number of hydrogen-bond acceptors (Lipinski definition) is 3. The lowest BCUT2D eigenvalue weighted by atomic mass is 9.83. The number of rotatable bonds is 5. The molecule has 2 heterocycles. The molecular formula is C20H29FN2O2. The number of ether oxygens (including phenoxy) is 1. The number of piperidine rings is 2. The summed E-state index contributed by atoms with van der Waals surface area (Å²) in [4.78, 5) is 16.2. The molecular weight excluding hydrogens is 319 g/mol. The number of hydrogen-bond donors (Lipinski definition) is 0. The van der Waals surface area contributed by atoms with Gasteiger partial charge in [-0.05, 0) is 43.7 Å². The molecule has 0 aliphatic carbocycles. The van der Waals surface area contributed by atoms with Crippen LogP contribution < -0.4 is 0 Å². The van der Waals surface area contributed by atoms with Gasteiger partial charge in [-0.15, -0.1) is 0 Å². The summed E-state index contributed by atoms with van der Waals surface area (Å²) in [5.41, 5.74) is 1.38. The Morgan fingerprint density at radius 2 is 1.84 bits per heavy atom. The van der Waals surface area contributed by atoms with Crippen LogP contribution in [0.3, 0.4) is 0 Å². The minimum atomic E-state index is -0.612. The lowest BCUT2D eigenvalue weighted by molar-refractivity contribution is 0.0448. The summed E-state index contributed by atoms with van der Waals surface area (Å²) in [5.74, 6) is 0.634. The fraction of sp³-hybridized carbons (Fsp3) is 0.650. The van der Waals surface area contributed by atoms with Gasteiger partial charge in [0.05, 0.1) is 0 Å². The molecule has 1 aromatic rings. The van der Waals surface area contributed by atoms with E-state index in [4.69, 9.17) is 4.74 Å². The van der Waals surface area contributed by atoms with Crippen LogP contribution >= 0.6 is 0 Å². The molecule has 1 amide bonds. The van der Waals surface area contributed by atoms with E-state index in [0.717, 1.165) is 39.0 Å². The van der Waals surface area contributed by atoms with Crippen molar-refractivity contribution in [1.29, 1.82) is 0 Å². The fourth-order valence-corrected chi connectivity index (χ4v) is 4.25. The van der Waals surface area contributed by atoms with Crippen LogP contribution in [0.25, 0.3) is 0 Å². The minimum absolute atomic E-state index is 0.133. The van der Waals surface area contributed by atoms with Gasteiger partial charge in [0.2, 0.25) is 0 Å². The van der Waals surface area contributed by atoms with Crippen molar-refractivity contribution in [3.05, 3.63) is 35.9 Å². The van der Waals surface area contributed by atoms with Crippen molar-refractivity contribution >= 4 is 6.09 Å². The van der Waals surface area contributed by atoms with Gasteiger partial charge in [0, 0.05) is 25.7 Å². The molecule has 25 heavy (non-hydrogen) atoms. The summed E-state index contributed by atoms with van der Waals surface area (Å²) < 4.78 is 17.1. The minimum Gasteiger partial charge on any atom is -0.447 e. The van der Waals surface area contributed by atoms with Gasteiger partial charge in [0.15, 0.2) is 0 Å². The van der Waals surface area contributed by atoms with Crippen molar-refractivity contribution in [2.45, 2.75) is 44.7 Å². The predicted octanol–water partition coefficient (Wildman–Crippen LogP) is 3.86. The molecule has 1 unspecified atom stereocenters. The second kappa shape index (κ2) is 9.18. The highest BCUT2D eigenvalue weighted by molar-refractivity contribution is 5.67. The number of halogens is 1. The van der Waals surface area contributed by atoms with Crippen molar-refractivity contribution in [2.75, 3.05) is 32.9 Å². The van der Waals surface area contributed by atoms with E-state index in [1.54, 1.807) is 4.90 Å². The number of alkyl halides is 1. The first-order valence-corrected chi connectivity index (χ1v) is 9.53. The molecule has 138 valence electrons. The van der Waals surface area contributed by atoms with Crippen molar-refractivity contribution < 1.29 is 13.9 Å². The zero-order valence-electron chi connectivity index (χ0n) is 14.9. The molecule has 0 radical (unpaired) electrons. The second-order valence-electron chi connectivity index (χ2n) is 7.15. The Kier molecular flexibility index (Phi) is 6.68. The van der Waals surface area contributed by atoms with E-state index in [1.165, 1.54) is 24.8 Å². The van der Waals surface area contributed by atoms with Gasteiger partial charge in [-0.2, -0.15) is 0 Å². The normalized spacial score (nSPS) is 22.8. The molecule has 5 heteroatoms. The molecule has 1 atom stereocenters. The summed E-state index contributed by atoms with van der Waals surface area (Å²) >= 11 is 0. The first kappa shape index (κ1) is 18.2. The Bertz CT molecular complexity index is 532. The third kappa shape index (κ3) is 4.94. The van der Waals surface area contributed by atoms with E-state index < -0.39 is 6.67 Å². The van der Waals surface area contributed by atoms with Crippen molar-refractivity contribution in [1.82, 2.24) is 9.80 Å². The Balaban J connectivity index is 1.54. The van der Waals surface area contributed by atoms with Gasteiger partial charge in [-0.1, -0.05) is 36.8 Å². The molecule has 0 N–H and O–H groups in total. The van der Waals surface area contributed by atoms with Crippen molar-refractivity contribution in [3.8, 4) is 0 Å². The van der Waals surface area contributed by atoms with Crippen LogP contribution in [0.2, 0.25) is 0 Å². The SMILES string of the molecule is O=C(OCCF)N1CCC(C2CCCCN2Cc2ccccc2)CC1. The number of likely N-dealkylation sites (tertiary alicyclic amines) is 2. The number of carbonyl (C=O) groups is 1. The maximum atomic E-state index is 12.1. The topological polar surface area (TPSA) is 32.8 Å². The molecule has 0 bridgehead atoms. The summed E-state index contributed by atoms with van der Waals surface area (Å²) in [5, 5.41) is 0. The third-order valence-electron chi connectivity index (χ3n) is 5.54. The molecule has 1 aromatic carbocycles. The number of nitrogens with zero attached hydrogens (tertiary/aromatic N) is 2. The van der Waals surface area contributed by atoms with E-state index in [9.17, 15) is 9.18 Å². The van der Waals surface area contributed by atoms with E-state index in [1.807, 2.05) is 0 Å². The van der Waals surface area contributed by atoms with Gasteiger partial charge < -0.3 is 9.64 Å². The average molecular weight is 348 g/mol. The Labute approximate surface area is 149 Å².